The normalized spacial score (nSPS) is 12.6. The Bertz CT molecular complexity index is 1400. The van der Waals surface area contributed by atoms with Gasteiger partial charge in [-0.3, -0.25) is 0 Å². The molecule has 0 bridgehead atoms. The number of nitrogens with one attached hydrogen (secondary N) is 1. The number of benzene rings is 3. The molecule has 0 amide bonds. The Hall–Kier alpha value is -3.14. The van der Waals surface area contributed by atoms with Gasteiger partial charge in [0.05, 0.1) is 0 Å². The molecule has 3 rings (SSSR count). The van der Waals surface area contributed by atoms with Crippen molar-refractivity contribution in [2.45, 2.75) is 86.1 Å². The van der Waals surface area contributed by atoms with Crippen LogP contribution >= 0.6 is 0 Å². The third kappa shape index (κ3) is 10.7. The van der Waals surface area contributed by atoms with Crippen molar-refractivity contribution < 1.29 is 15.3 Å². The molecule has 1 unspecified atom stereocenters. The van der Waals surface area contributed by atoms with Gasteiger partial charge >= 0.3 is 0 Å². The molecule has 270 valence electrons. The summed E-state index contributed by atoms with van der Waals surface area (Å²) in [5.41, 5.74) is 7.63. The minimum atomic E-state index is -0.689. The largest absolute Gasteiger partial charge is 0.507 e. The zero-order valence-electron chi connectivity index (χ0n) is 32.8. The molecule has 0 saturated carbocycles. The second kappa shape index (κ2) is 19.8. The molecule has 0 heterocycles. The van der Waals surface area contributed by atoms with E-state index in [1.54, 1.807) is 0 Å². The summed E-state index contributed by atoms with van der Waals surface area (Å²) in [7, 11) is 18.0. The van der Waals surface area contributed by atoms with Crippen molar-refractivity contribution in [3.05, 3.63) is 86.5 Å². The lowest BCUT2D eigenvalue weighted by molar-refractivity contribution is 0.367. The number of aryl methyl sites for hydroxylation is 1. The molecule has 0 aliphatic heterocycles. The second-order valence-corrected chi connectivity index (χ2v) is 13.4. The molecule has 3 aromatic rings. The molecule has 4 N–H and O–H groups in total. The smallest absolute Gasteiger partial charge is 0.124 e. The molecule has 8 nitrogen and oxygen atoms in total. The fourth-order valence-electron chi connectivity index (χ4n) is 6.09. The summed E-state index contributed by atoms with van der Waals surface area (Å²) in [5.74, 6) is 0.968. The maximum Gasteiger partial charge on any atom is 0.124 e. The van der Waals surface area contributed by atoms with Gasteiger partial charge in [-0.05, 0) is 129 Å². The van der Waals surface area contributed by atoms with Crippen LogP contribution in [0.2, 0.25) is 0 Å². The highest BCUT2D eigenvalue weighted by molar-refractivity contribution is 5.60. The van der Waals surface area contributed by atoms with Crippen molar-refractivity contribution in [1.82, 2.24) is 24.9 Å². The Kier molecular flexibility index (Phi) is 17.7. The quantitative estimate of drug-likeness (QED) is 0.141. The van der Waals surface area contributed by atoms with E-state index in [-0.39, 0.29) is 0 Å². The zero-order valence-corrected chi connectivity index (χ0v) is 32.8. The number of phenolic OH excluding ortho intramolecular Hbond substituents is 3. The van der Waals surface area contributed by atoms with Crippen LogP contribution in [-0.2, 0) is 44.6 Å². The first-order chi connectivity index (χ1) is 22.6. The number of phenols is 3. The summed E-state index contributed by atoms with van der Waals surface area (Å²) < 4.78 is 0. The van der Waals surface area contributed by atoms with E-state index < -0.39 is 5.41 Å². The van der Waals surface area contributed by atoms with Gasteiger partial charge in [0.1, 0.15) is 17.2 Å². The standard InChI is InChI=1S/C36H55N5O3.2C2H6/c1-12-24-13-30(15-26(33(24)42)20-38(4)5)36(2,31-14-25(19-37-3)34(43)27(16-31)21-39(6)7)32-17-28(22-40(8)9)35(44)29(18-32)23-41(10)11;2*1-2/h13-18,37,42-44H,12,19-23H2,1-11H3;2*1-2H3. The van der Waals surface area contributed by atoms with Crippen molar-refractivity contribution >= 4 is 0 Å². The number of aromatic hydroxyl groups is 3. The summed E-state index contributed by atoms with van der Waals surface area (Å²) in [6.07, 6.45) is 0.690. The molecule has 0 fully saturated rings. The Morgan fingerprint density at radius 3 is 1.02 bits per heavy atom. The van der Waals surface area contributed by atoms with Gasteiger partial charge in [-0.25, -0.2) is 0 Å². The maximum absolute atomic E-state index is 11.4. The van der Waals surface area contributed by atoms with Crippen molar-refractivity contribution in [1.29, 1.82) is 0 Å². The van der Waals surface area contributed by atoms with E-state index in [2.05, 4.69) is 75.2 Å². The molecule has 48 heavy (non-hydrogen) atoms. The van der Waals surface area contributed by atoms with Crippen molar-refractivity contribution in [2.75, 3.05) is 63.4 Å². The van der Waals surface area contributed by atoms with Crippen LogP contribution in [-0.4, -0.2) is 98.3 Å². The van der Waals surface area contributed by atoms with Crippen LogP contribution in [0.5, 0.6) is 17.2 Å². The fraction of sp³-hybridized carbons (Fsp3) is 0.550. The first kappa shape index (κ1) is 42.9. The molecular formula is C40H67N5O3. The molecule has 0 spiro atoms. The van der Waals surface area contributed by atoms with E-state index in [1.165, 1.54) is 0 Å². The molecule has 0 aliphatic rings. The van der Waals surface area contributed by atoms with E-state index in [0.717, 1.165) is 50.1 Å². The van der Waals surface area contributed by atoms with Crippen LogP contribution in [0, 0.1) is 0 Å². The van der Waals surface area contributed by atoms with Gasteiger partial charge < -0.3 is 40.2 Å². The highest BCUT2D eigenvalue weighted by atomic mass is 16.3. The number of rotatable bonds is 14. The summed E-state index contributed by atoms with van der Waals surface area (Å²) in [4.78, 5) is 8.28. The summed E-state index contributed by atoms with van der Waals surface area (Å²) in [5, 5.41) is 37.3. The van der Waals surface area contributed by atoms with E-state index >= 15 is 0 Å². The first-order valence-corrected chi connectivity index (χ1v) is 17.4. The molecule has 3 aromatic carbocycles. The minimum absolute atomic E-state index is 0.305. The van der Waals surface area contributed by atoms with Crippen LogP contribution in [0.25, 0.3) is 0 Å². The second-order valence-electron chi connectivity index (χ2n) is 13.4. The van der Waals surface area contributed by atoms with E-state index in [1.807, 2.05) is 91.1 Å². The van der Waals surface area contributed by atoms with Gasteiger partial charge in [-0.2, -0.15) is 0 Å². The highest BCUT2D eigenvalue weighted by Crippen LogP contribution is 2.45. The van der Waals surface area contributed by atoms with Gasteiger partial charge in [0.25, 0.3) is 0 Å². The molecular weight excluding hydrogens is 598 g/mol. The summed E-state index contributed by atoms with van der Waals surface area (Å²) >= 11 is 0. The minimum Gasteiger partial charge on any atom is -0.507 e. The van der Waals surface area contributed by atoms with Crippen LogP contribution < -0.4 is 5.32 Å². The Morgan fingerprint density at radius 1 is 0.500 bits per heavy atom. The van der Waals surface area contributed by atoms with Crippen molar-refractivity contribution in [3.63, 3.8) is 0 Å². The van der Waals surface area contributed by atoms with Gasteiger partial charge in [0.2, 0.25) is 0 Å². The highest BCUT2D eigenvalue weighted by Gasteiger charge is 2.35. The maximum atomic E-state index is 11.4. The van der Waals surface area contributed by atoms with Gasteiger partial charge in [0, 0.05) is 66.0 Å². The van der Waals surface area contributed by atoms with Crippen LogP contribution in [0.4, 0.5) is 0 Å². The SMILES string of the molecule is CC.CC.CCc1cc(C(C)(c2cc(CNC)c(O)c(CN(C)C)c2)c2cc(CN(C)C)c(O)c(CN(C)C)c2)cc(CN(C)C)c1O. The first-order valence-electron chi connectivity index (χ1n) is 17.4. The Labute approximate surface area is 293 Å². The zero-order chi connectivity index (χ0) is 36.9. The van der Waals surface area contributed by atoms with Gasteiger partial charge in [-0.1, -0.05) is 40.7 Å². The molecule has 1 atom stereocenters. The van der Waals surface area contributed by atoms with Crippen LogP contribution in [0.1, 0.15) is 91.6 Å². The number of nitrogens with zero attached hydrogens (tertiary/aromatic N) is 4. The van der Waals surface area contributed by atoms with Crippen molar-refractivity contribution in [3.8, 4) is 17.2 Å². The lowest BCUT2D eigenvalue weighted by Gasteiger charge is -2.35. The molecule has 8 heteroatoms. The monoisotopic (exact) mass is 666 g/mol. The van der Waals surface area contributed by atoms with E-state index in [4.69, 9.17) is 0 Å². The van der Waals surface area contributed by atoms with E-state index in [9.17, 15) is 15.3 Å². The van der Waals surface area contributed by atoms with Gasteiger partial charge in [-0.15, -0.1) is 0 Å². The summed E-state index contributed by atoms with van der Waals surface area (Å²) in [6, 6.07) is 12.8. The van der Waals surface area contributed by atoms with Crippen LogP contribution in [0.15, 0.2) is 36.4 Å². The third-order valence-electron chi connectivity index (χ3n) is 8.23. The molecule has 0 aliphatic carbocycles. The lowest BCUT2D eigenvalue weighted by atomic mass is 9.68. The number of hydrogen-bond donors (Lipinski definition) is 4. The van der Waals surface area contributed by atoms with Gasteiger partial charge in [0.15, 0.2) is 0 Å². The molecule has 0 saturated heterocycles. The third-order valence-corrected chi connectivity index (χ3v) is 8.23. The van der Waals surface area contributed by atoms with Crippen LogP contribution in [0.3, 0.4) is 0 Å². The molecule has 0 radical (unpaired) electrons. The average molecular weight is 666 g/mol. The predicted molar refractivity (Wildman–Crippen MR) is 204 cm³/mol. The average Bonchev–Trinajstić information content (AvgIpc) is 3.02. The Balaban J connectivity index is 0.00000277. The predicted octanol–water partition coefficient (Wildman–Crippen LogP) is 6.74. The Morgan fingerprint density at radius 2 is 0.750 bits per heavy atom. The topological polar surface area (TPSA) is 85.7 Å². The summed E-state index contributed by atoms with van der Waals surface area (Å²) in [6.45, 7) is 15.2. The lowest BCUT2D eigenvalue weighted by Crippen LogP contribution is -2.28. The van der Waals surface area contributed by atoms with E-state index in [0.29, 0.717) is 56.4 Å². The molecule has 0 aromatic heterocycles. The van der Waals surface area contributed by atoms with Crippen molar-refractivity contribution in [2.24, 2.45) is 0 Å². The fourth-order valence-corrected chi connectivity index (χ4v) is 6.09. The number of hydrogen-bond acceptors (Lipinski definition) is 8.